The summed E-state index contributed by atoms with van der Waals surface area (Å²) < 4.78 is 0.0199. The first-order valence-corrected chi connectivity index (χ1v) is 7.89. The van der Waals surface area contributed by atoms with E-state index in [1.807, 2.05) is 6.92 Å². The molecule has 1 amide bonds. The SMILES string of the molecule is CCCC1(C(=O)O)CCCN1C(=O)CSC(C)(C)C. The van der Waals surface area contributed by atoms with Gasteiger partial charge in [0.2, 0.25) is 5.91 Å². The number of likely N-dealkylation sites (tertiary alicyclic amines) is 1. The van der Waals surface area contributed by atoms with Crippen molar-refractivity contribution in [3.8, 4) is 0 Å². The maximum atomic E-state index is 12.3. The summed E-state index contributed by atoms with van der Waals surface area (Å²) >= 11 is 1.57. The molecule has 0 saturated carbocycles. The number of carboxylic acids is 1. The van der Waals surface area contributed by atoms with Crippen LogP contribution in [-0.4, -0.2) is 44.5 Å². The lowest BCUT2D eigenvalue weighted by Crippen LogP contribution is -2.53. The van der Waals surface area contributed by atoms with Gasteiger partial charge >= 0.3 is 5.97 Å². The highest BCUT2D eigenvalue weighted by atomic mass is 32.2. The second-order valence-corrected chi connectivity index (χ2v) is 7.94. The van der Waals surface area contributed by atoms with E-state index in [0.29, 0.717) is 25.1 Å². The van der Waals surface area contributed by atoms with E-state index in [4.69, 9.17) is 0 Å². The molecular weight excluding hydrogens is 262 g/mol. The zero-order valence-corrected chi connectivity index (χ0v) is 13.2. The number of carbonyl (C=O) groups is 2. The fraction of sp³-hybridized carbons (Fsp3) is 0.857. The Bertz CT molecular complexity index is 351. The standard InChI is InChI=1S/C14H25NO3S/c1-5-7-14(12(17)18)8-6-9-15(14)11(16)10-19-13(2,3)4/h5-10H2,1-4H3,(H,17,18). The number of carbonyl (C=O) groups excluding carboxylic acids is 1. The first-order chi connectivity index (χ1) is 8.73. The van der Waals surface area contributed by atoms with Gasteiger partial charge in [0.25, 0.3) is 0 Å². The highest BCUT2D eigenvalue weighted by Gasteiger charge is 2.48. The lowest BCUT2D eigenvalue weighted by molar-refractivity contribution is -0.156. The molecule has 110 valence electrons. The van der Waals surface area contributed by atoms with Crippen molar-refractivity contribution in [2.24, 2.45) is 0 Å². The van der Waals surface area contributed by atoms with E-state index < -0.39 is 11.5 Å². The van der Waals surface area contributed by atoms with E-state index in [0.717, 1.165) is 12.8 Å². The monoisotopic (exact) mass is 287 g/mol. The van der Waals surface area contributed by atoms with Crippen LogP contribution < -0.4 is 0 Å². The molecule has 1 atom stereocenters. The van der Waals surface area contributed by atoms with Gasteiger partial charge in [-0.15, -0.1) is 11.8 Å². The Morgan fingerprint density at radius 3 is 2.47 bits per heavy atom. The number of carboxylic acid groups (broad SMARTS) is 1. The molecule has 1 aliphatic rings. The topological polar surface area (TPSA) is 57.6 Å². The van der Waals surface area contributed by atoms with Crippen molar-refractivity contribution in [1.82, 2.24) is 4.90 Å². The molecule has 0 aromatic carbocycles. The molecule has 1 fully saturated rings. The molecule has 0 radical (unpaired) electrons. The van der Waals surface area contributed by atoms with Gasteiger partial charge in [-0.25, -0.2) is 4.79 Å². The van der Waals surface area contributed by atoms with Crippen LogP contribution in [-0.2, 0) is 9.59 Å². The van der Waals surface area contributed by atoms with Gasteiger partial charge in [-0.3, -0.25) is 4.79 Å². The lowest BCUT2D eigenvalue weighted by atomic mass is 9.90. The summed E-state index contributed by atoms with van der Waals surface area (Å²) in [6.45, 7) is 8.73. The van der Waals surface area contributed by atoms with Crippen molar-refractivity contribution < 1.29 is 14.7 Å². The molecule has 1 heterocycles. The van der Waals surface area contributed by atoms with Gasteiger partial charge in [-0.05, 0) is 19.3 Å². The van der Waals surface area contributed by atoms with Crippen LogP contribution in [0.2, 0.25) is 0 Å². The molecule has 0 aromatic rings. The van der Waals surface area contributed by atoms with E-state index >= 15 is 0 Å². The van der Waals surface area contributed by atoms with Crippen LogP contribution in [0.4, 0.5) is 0 Å². The predicted molar refractivity (Wildman–Crippen MR) is 78.4 cm³/mol. The van der Waals surface area contributed by atoms with Crippen LogP contribution in [0.3, 0.4) is 0 Å². The molecule has 1 rings (SSSR count). The average molecular weight is 287 g/mol. The molecular formula is C14H25NO3S. The summed E-state index contributed by atoms with van der Waals surface area (Å²) in [6, 6.07) is 0. The molecule has 0 bridgehead atoms. The van der Waals surface area contributed by atoms with Crippen molar-refractivity contribution in [3.05, 3.63) is 0 Å². The number of hydrogen-bond donors (Lipinski definition) is 1. The number of thioether (sulfide) groups is 1. The van der Waals surface area contributed by atoms with Crippen LogP contribution in [0, 0.1) is 0 Å². The van der Waals surface area contributed by atoms with Crippen molar-refractivity contribution in [2.75, 3.05) is 12.3 Å². The third-order valence-electron chi connectivity index (χ3n) is 3.48. The average Bonchev–Trinajstić information content (AvgIpc) is 2.70. The van der Waals surface area contributed by atoms with E-state index in [1.54, 1.807) is 16.7 Å². The highest BCUT2D eigenvalue weighted by Crippen LogP contribution is 2.35. The normalized spacial score (nSPS) is 23.7. The van der Waals surface area contributed by atoms with Gasteiger partial charge in [0.1, 0.15) is 5.54 Å². The molecule has 5 heteroatoms. The Morgan fingerprint density at radius 1 is 1.37 bits per heavy atom. The minimum Gasteiger partial charge on any atom is -0.479 e. The van der Waals surface area contributed by atoms with Gasteiger partial charge in [-0.1, -0.05) is 34.1 Å². The van der Waals surface area contributed by atoms with Crippen LogP contribution in [0.15, 0.2) is 0 Å². The maximum absolute atomic E-state index is 12.3. The van der Waals surface area contributed by atoms with Crippen LogP contribution in [0.1, 0.15) is 53.4 Å². The number of amides is 1. The second kappa shape index (κ2) is 6.16. The second-order valence-electron chi connectivity index (χ2n) is 6.14. The largest absolute Gasteiger partial charge is 0.479 e. The summed E-state index contributed by atoms with van der Waals surface area (Å²) in [6.07, 6.45) is 2.71. The number of rotatable bonds is 5. The van der Waals surface area contributed by atoms with Gasteiger partial charge in [0.05, 0.1) is 5.75 Å². The van der Waals surface area contributed by atoms with E-state index in [9.17, 15) is 14.7 Å². The van der Waals surface area contributed by atoms with E-state index in [-0.39, 0.29) is 10.7 Å². The Morgan fingerprint density at radius 2 is 2.00 bits per heavy atom. The van der Waals surface area contributed by atoms with Crippen molar-refractivity contribution in [1.29, 1.82) is 0 Å². The molecule has 19 heavy (non-hydrogen) atoms. The molecule has 0 aliphatic carbocycles. The lowest BCUT2D eigenvalue weighted by Gasteiger charge is -2.35. The highest BCUT2D eigenvalue weighted by molar-refractivity contribution is 8.01. The molecule has 0 aromatic heterocycles. The first kappa shape index (κ1) is 16.3. The van der Waals surface area contributed by atoms with Crippen molar-refractivity contribution in [2.45, 2.75) is 63.7 Å². The quantitative estimate of drug-likeness (QED) is 0.844. The van der Waals surface area contributed by atoms with Crippen LogP contribution in [0.5, 0.6) is 0 Å². The predicted octanol–water partition coefficient (Wildman–Crippen LogP) is 2.76. The Kier molecular flexibility index (Phi) is 5.30. The number of hydrogen-bond acceptors (Lipinski definition) is 3. The number of nitrogens with zero attached hydrogens (tertiary/aromatic N) is 1. The number of aliphatic carboxylic acids is 1. The van der Waals surface area contributed by atoms with E-state index in [2.05, 4.69) is 20.8 Å². The van der Waals surface area contributed by atoms with Gasteiger partial charge in [-0.2, -0.15) is 0 Å². The molecule has 1 unspecified atom stereocenters. The smallest absolute Gasteiger partial charge is 0.329 e. The summed E-state index contributed by atoms with van der Waals surface area (Å²) in [5.41, 5.74) is -0.954. The summed E-state index contributed by atoms with van der Waals surface area (Å²) in [7, 11) is 0. The molecule has 1 saturated heterocycles. The summed E-state index contributed by atoms with van der Waals surface area (Å²) in [4.78, 5) is 25.6. The zero-order valence-electron chi connectivity index (χ0n) is 12.4. The van der Waals surface area contributed by atoms with Gasteiger partial charge in [0, 0.05) is 11.3 Å². The van der Waals surface area contributed by atoms with Gasteiger partial charge in [0.15, 0.2) is 0 Å². The van der Waals surface area contributed by atoms with Gasteiger partial charge < -0.3 is 10.0 Å². The molecule has 4 nitrogen and oxygen atoms in total. The zero-order chi connectivity index (χ0) is 14.7. The molecule has 0 spiro atoms. The van der Waals surface area contributed by atoms with Crippen LogP contribution in [0.25, 0.3) is 0 Å². The van der Waals surface area contributed by atoms with Crippen molar-refractivity contribution >= 4 is 23.6 Å². The van der Waals surface area contributed by atoms with E-state index in [1.165, 1.54) is 0 Å². The summed E-state index contributed by atoms with van der Waals surface area (Å²) in [5, 5.41) is 9.54. The van der Waals surface area contributed by atoms with Crippen molar-refractivity contribution in [3.63, 3.8) is 0 Å². The fourth-order valence-corrected chi connectivity index (χ4v) is 3.31. The molecule has 1 N–H and O–H groups in total. The fourth-order valence-electron chi connectivity index (χ4n) is 2.60. The minimum atomic E-state index is -0.954. The molecule has 1 aliphatic heterocycles. The Balaban J connectivity index is 2.79. The first-order valence-electron chi connectivity index (χ1n) is 6.91. The third kappa shape index (κ3) is 3.88. The Labute approximate surface area is 119 Å². The minimum absolute atomic E-state index is 0.0199. The third-order valence-corrected chi connectivity index (χ3v) is 4.74. The van der Waals surface area contributed by atoms with Crippen LogP contribution >= 0.6 is 11.8 Å². The Hall–Kier alpha value is -0.710. The summed E-state index contributed by atoms with van der Waals surface area (Å²) in [5.74, 6) is -0.517. The maximum Gasteiger partial charge on any atom is 0.329 e.